The molecule has 0 spiro atoms. The zero-order valence-corrected chi connectivity index (χ0v) is 18.2. The fraction of sp³-hybridized carbons (Fsp3) is 0.320. The minimum absolute atomic E-state index is 0.0308. The number of likely N-dealkylation sites (tertiary alicyclic amines) is 1. The lowest BCUT2D eigenvalue weighted by molar-refractivity contribution is -0.126. The number of carbonyl (C=O) groups excluding carboxylic acids is 1. The third-order valence-corrected chi connectivity index (χ3v) is 6.84. The van der Waals surface area contributed by atoms with E-state index in [9.17, 15) is 4.79 Å². The van der Waals surface area contributed by atoms with Crippen molar-refractivity contribution < 1.29 is 14.3 Å². The topological polar surface area (TPSA) is 50.8 Å². The maximum absolute atomic E-state index is 12.8. The highest BCUT2D eigenvalue weighted by Crippen LogP contribution is 2.32. The Morgan fingerprint density at radius 2 is 2.00 bits per heavy atom. The van der Waals surface area contributed by atoms with Crippen LogP contribution in [0.4, 0.5) is 0 Å². The lowest BCUT2D eigenvalue weighted by Crippen LogP contribution is -2.42. The van der Waals surface area contributed by atoms with E-state index in [1.165, 1.54) is 16.0 Å². The van der Waals surface area contributed by atoms with Crippen LogP contribution in [0.25, 0.3) is 10.4 Å². The second kappa shape index (κ2) is 9.12. The van der Waals surface area contributed by atoms with Crippen molar-refractivity contribution in [3.8, 4) is 21.9 Å². The minimum atomic E-state index is 0.0308. The number of piperidine rings is 1. The number of rotatable bonds is 6. The van der Waals surface area contributed by atoms with Crippen LogP contribution in [-0.4, -0.2) is 30.7 Å². The van der Waals surface area contributed by atoms with Crippen molar-refractivity contribution in [1.82, 2.24) is 10.2 Å². The van der Waals surface area contributed by atoms with Gasteiger partial charge in [0, 0.05) is 24.5 Å². The molecule has 2 aliphatic rings. The van der Waals surface area contributed by atoms with E-state index < -0.39 is 0 Å². The quantitative estimate of drug-likeness (QED) is 0.612. The van der Waals surface area contributed by atoms with E-state index in [0.29, 0.717) is 6.54 Å². The molecule has 1 amide bonds. The Labute approximate surface area is 186 Å². The van der Waals surface area contributed by atoms with Crippen LogP contribution in [0.1, 0.15) is 24.0 Å². The Kier molecular flexibility index (Phi) is 5.91. The van der Waals surface area contributed by atoms with Gasteiger partial charge in [0.15, 0.2) is 11.5 Å². The number of nitrogens with one attached hydrogen (secondary N) is 1. The molecular formula is C25H26N2O3S. The summed E-state index contributed by atoms with van der Waals surface area (Å²) in [5.74, 6) is 1.68. The predicted octanol–water partition coefficient (Wildman–Crippen LogP) is 4.67. The van der Waals surface area contributed by atoms with Crippen LogP contribution in [0, 0.1) is 5.92 Å². The van der Waals surface area contributed by atoms with Crippen LogP contribution in [-0.2, 0) is 17.9 Å². The van der Waals surface area contributed by atoms with Crippen LogP contribution in [0.5, 0.6) is 11.5 Å². The molecule has 0 bridgehead atoms. The summed E-state index contributed by atoms with van der Waals surface area (Å²) in [6.45, 7) is 3.49. The number of nitrogens with zero attached hydrogens (tertiary/aromatic N) is 1. The Hall–Kier alpha value is -2.83. The number of carbonyl (C=O) groups is 1. The number of benzene rings is 2. The predicted molar refractivity (Wildman–Crippen MR) is 122 cm³/mol. The number of hydrogen-bond acceptors (Lipinski definition) is 5. The van der Waals surface area contributed by atoms with Gasteiger partial charge >= 0.3 is 0 Å². The van der Waals surface area contributed by atoms with Gasteiger partial charge in [-0.2, -0.15) is 0 Å². The van der Waals surface area contributed by atoms with Gasteiger partial charge in [0.05, 0.1) is 5.92 Å². The molecule has 5 rings (SSSR count). The summed E-state index contributed by atoms with van der Waals surface area (Å²) in [4.78, 5) is 16.5. The fourth-order valence-corrected chi connectivity index (χ4v) is 5.05. The fourth-order valence-electron chi connectivity index (χ4n) is 4.32. The molecule has 1 atom stereocenters. The van der Waals surface area contributed by atoms with Crippen molar-refractivity contribution in [2.75, 3.05) is 19.9 Å². The average Bonchev–Trinajstić information content (AvgIpc) is 3.50. The summed E-state index contributed by atoms with van der Waals surface area (Å²) >= 11 is 1.76. The van der Waals surface area contributed by atoms with Gasteiger partial charge in [0.2, 0.25) is 12.7 Å². The summed E-state index contributed by atoms with van der Waals surface area (Å²) < 4.78 is 10.8. The molecule has 3 heterocycles. The molecule has 2 aliphatic heterocycles. The molecule has 2 aromatic carbocycles. The van der Waals surface area contributed by atoms with Gasteiger partial charge in [-0.15, -0.1) is 11.3 Å². The third-order valence-electron chi connectivity index (χ3n) is 5.92. The largest absolute Gasteiger partial charge is 0.454 e. The van der Waals surface area contributed by atoms with Crippen molar-refractivity contribution in [1.29, 1.82) is 0 Å². The van der Waals surface area contributed by atoms with Gasteiger partial charge in [0.25, 0.3) is 0 Å². The van der Waals surface area contributed by atoms with Crippen LogP contribution in [0.15, 0.2) is 60.0 Å². The van der Waals surface area contributed by atoms with E-state index in [2.05, 4.69) is 52.0 Å². The van der Waals surface area contributed by atoms with Crippen molar-refractivity contribution >= 4 is 17.2 Å². The monoisotopic (exact) mass is 434 g/mol. The molecule has 31 heavy (non-hydrogen) atoms. The summed E-state index contributed by atoms with van der Waals surface area (Å²) in [5, 5.41) is 5.22. The summed E-state index contributed by atoms with van der Waals surface area (Å²) in [7, 11) is 0. The highest BCUT2D eigenvalue weighted by Gasteiger charge is 2.26. The van der Waals surface area contributed by atoms with Crippen LogP contribution < -0.4 is 14.8 Å². The zero-order valence-electron chi connectivity index (χ0n) is 17.4. The van der Waals surface area contributed by atoms with E-state index in [4.69, 9.17) is 9.47 Å². The van der Waals surface area contributed by atoms with E-state index in [1.807, 2.05) is 18.2 Å². The van der Waals surface area contributed by atoms with Crippen molar-refractivity contribution in [3.63, 3.8) is 0 Å². The Bertz CT molecular complexity index is 1050. The number of hydrogen-bond donors (Lipinski definition) is 1. The van der Waals surface area contributed by atoms with Crippen molar-refractivity contribution in [2.45, 2.75) is 25.9 Å². The van der Waals surface area contributed by atoms with Crippen LogP contribution >= 0.6 is 11.3 Å². The van der Waals surface area contributed by atoms with Gasteiger partial charge in [-0.05, 0) is 65.7 Å². The molecule has 0 aliphatic carbocycles. The molecule has 1 fully saturated rings. The lowest BCUT2D eigenvalue weighted by Gasteiger charge is -2.32. The van der Waals surface area contributed by atoms with Gasteiger partial charge in [-0.3, -0.25) is 9.69 Å². The second-order valence-corrected chi connectivity index (χ2v) is 9.11. The van der Waals surface area contributed by atoms with Crippen molar-refractivity contribution in [3.05, 3.63) is 71.1 Å². The first-order chi connectivity index (χ1) is 15.2. The minimum Gasteiger partial charge on any atom is -0.454 e. The molecule has 0 radical (unpaired) electrons. The third kappa shape index (κ3) is 4.75. The van der Waals surface area contributed by atoms with Gasteiger partial charge < -0.3 is 14.8 Å². The Morgan fingerprint density at radius 1 is 1.06 bits per heavy atom. The van der Waals surface area contributed by atoms with E-state index in [-0.39, 0.29) is 18.6 Å². The van der Waals surface area contributed by atoms with Gasteiger partial charge in [0.1, 0.15) is 0 Å². The molecule has 1 aromatic heterocycles. The van der Waals surface area contributed by atoms with Gasteiger partial charge in [-0.1, -0.05) is 30.3 Å². The number of amides is 1. The molecule has 1 saturated heterocycles. The Morgan fingerprint density at radius 3 is 2.90 bits per heavy atom. The molecular weight excluding hydrogens is 408 g/mol. The maximum Gasteiger partial charge on any atom is 0.231 e. The second-order valence-electron chi connectivity index (χ2n) is 8.16. The lowest BCUT2D eigenvalue weighted by atomic mass is 9.96. The summed E-state index contributed by atoms with van der Waals surface area (Å²) in [6, 6.07) is 18.8. The highest BCUT2D eigenvalue weighted by atomic mass is 32.1. The zero-order chi connectivity index (χ0) is 21.0. The van der Waals surface area contributed by atoms with E-state index in [1.54, 1.807) is 11.3 Å². The standard InChI is InChI=1S/C25H26N2O3S/c28-25(26-14-18-8-9-22-23(13-18)30-17-29-22)21-6-2-10-27(16-21)15-19-4-1-5-20(12-19)24-7-3-11-31-24/h1,3-5,7-9,11-13,21H,2,6,10,14-17H2,(H,26,28). The molecule has 6 heteroatoms. The Balaban J connectivity index is 1.16. The first-order valence-corrected chi connectivity index (χ1v) is 11.6. The normalized spacial score (nSPS) is 18.1. The number of thiophene rings is 1. The summed E-state index contributed by atoms with van der Waals surface area (Å²) in [6.07, 6.45) is 1.99. The first-order valence-electron chi connectivity index (χ1n) is 10.8. The highest BCUT2D eigenvalue weighted by molar-refractivity contribution is 7.13. The molecule has 1 unspecified atom stereocenters. The first kappa shape index (κ1) is 20.1. The average molecular weight is 435 g/mol. The van der Waals surface area contributed by atoms with E-state index in [0.717, 1.165) is 49.5 Å². The number of fused-ring (bicyclic) bond motifs is 1. The summed E-state index contributed by atoms with van der Waals surface area (Å²) in [5.41, 5.74) is 3.59. The smallest absolute Gasteiger partial charge is 0.231 e. The SMILES string of the molecule is O=C(NCc1ccc2c(c1)OCO2)C1CCCN(Cc2cccc(-c3cccs3)c2)C1. The molecule has 0 saturated carbocycles. The van der Waals surface area contributed by atoms with E-state index >= 15 is 0 Å². The molecule has 3 aromatic rings. The number of ether oxygens (including phenoxy) is 2. The molecule has 5 nitrogen and oxygen atoms in total. The van der Waals surface area contributed by atoms with Gasteiger partial charge in [-0.25, -0.2) is 0 Å². The van der Waals surface area contributed by atoms with Crippen LogP contribution in [0.2, 0.25) is 0 Å². The van der Waals surface area contributed by atoms with Crippen LogP contribution in [0.3, 0.4) is 0 Å². The maximum atomic E-state index is 12.8. The molecule has 1 N–H and O–H groups in total. The van der Waals surface area contributed by atoms with Crippen molar-refractivity contribution in [2.24, 2.45) is 5.92 Å². The molecule has 160 valence electrons.